The summed E-state index contributed by atoms with van der Waals surface area (Å²) in [5.41, 5.74) is 3.05. The van der Waals surface area contributed by atoms with Crippen molar-refractivity contribution in [2.75, 3.05) is 27.3 Å². The van der Waals surface area contributed by atoms with Gasteiger partial charge in [-0.2, -0.15) is 0 Å². The van der Waals surface area contributed by atoms with Crippen LogP contribution in [0.5, 0.6) is 5.75 Å². The van der Waals surface area contributed by atoms with Crippen LogP contribution in [0.4, 0.5) is 0 Å². The van der Waals surface area contributed by atoms with Gasteiger partial charge in [-0.1, -0.05) is 24.3 Å². The number of carbonyl (C=O) groups is 1. The van der Waals surface area contributed by atoms with E-state index in [9.17, 15) is 4.79 Å². The van der Waals surface area contributed by atoms with Crippen molar-refractivity contribution in [3.63, 3.8) is 0 Å². The van der Waals surface area contributed by atoms with Gasteiger partial charge in [0.25, 0.3) is 0 Å². The maximum atomic E-state index is 11.5. The van der Waals surface area contributed by atoms with E-state index in [4.69, 9.17) is 9.47 Å². The second-order valence-electron chi connectivity index (χ2n) is 7.00. The van der Waals surface area contributed by atoms with E-state index in [1.54, 1.807) is 7.11 Å². The van der Waals surface area contributed by atoms with Crippen molar-refractivity contribution in [2.24, 2.45) is 0 Å². The van der Waals surface area contributed by atoms with Gasteiger partial charge in [-0.25, -0.2) is 4.79 Å². The lowest BCUT2D eigenvalue weighted by molar-refractivity contribution is 0.0600. The number of carbonyl (C=O) groups excluding carboxylic acids is 1. The van der Waals surface area contributed by atoms with Crippen molar-refractivity contribution >= 4 is 5.97 Å². The number of nitrogens with zero attached hydrogens (tertiary/aromatic N) is 1. The van der Waals surface area contributed by atoms with Crippen LogP contribution in [-0.4, -0.2) is 44.2 Å². The minimum Gasteiger partial charge on any atom is -0.497 e. The molecule has 2 aromatic carbocycles. The zero-order valence-corrected chi connectivity index (χ0v) is 16.1. The zero-order chi connectivity index (χ0) is 19.1. The fourth-order valence-corrected chi connectivity index (χ4v) is 3.53. The first kappa shape index (κ1) is 19.4. The number of likely N-dealkylation sites (tertiary alicyclic amines) is 1. The van der Waals surface area contributed by atoms with Crippen molar-refractivity contribution < 1.29 is 14.3 Å². The number of rotatable bonds is 7. The monoisotopic (exact) mass is 368 g/mol. The van der Waals surface area contributed by atoms with Crippen LogP contribution < -0.4 is 10.1 Å². The molecule has 0 spiro atoms. The molecule has 1 heterocycles. The summed E-state index contributed by atoms with van der Waals surface area (Å²) < 4.78 is 10.1. The summed E-state index contributed by atoms with van der Waals surface area (Å²) in [6, 6.07) is 16.4. The van der Waals surface area contributed by atoms with Crippen molar-refractivity contribution in [3.05, 3.63) is 65.2 Å². The van der Waals surface area contributed by atoms with E-state index in [1.165, 1.54) is 31.1 Å². The molecule has 5 nitrogen and oxygen atoms in total. The van der Waals surface area contributed by atoms with E-state index in [0.717, 1.165) is 31.9 Å². The number of hydrogen-bond acceptors (Lipinski definition) is 5. The number of esters is 1. The fourth-order valence-electron chi connectivity index (χ4n) is 3.53. The van der Waals surface area contributed by atoms with Gasteiger partial charge in [-0.15, -0.1) is 0 Å². The molecule has 1 unspecified atom stereocenters. The van der Waals surface area contributed by atoms with E-state index in [2.05, 4.69) is 22.3 Å². The molecule has 1 saturated heterocycles. The predicted octanol–water partition coefficient (Wildman–Crippen LogP) is 3.24. The Hall–Kier alpha value is -2.37. The van der Waals surface area contributed by atoms with Gasteiger partial charge < -0.3 is 14.8 Å². The first-order chi connectivity index (χ1) is 13.2. The molecule has 0 radical (unpaired) electrons. The van der Waals surface area contributed by atoms with Crippen LogP contribution in [0.2, 0.25) is 0 Å². The Bertz CT molecular complexity index is 745. The van der Waals surface area contributed by atoms with Crippen molar-refractivity contribution in [1.29, 1.82) is 0 Å². The largest absolute Gasteiger partial charge is 0.497 e. The predicted molar refractivity (Wildman–Crippen MR) is 106 cm³/mol. The quantitative estimate of drug-likeness (QED) is 0.761. The Labute approximate surface area is 161 Å². The molecule has 3 rings (SSSR count). The van der Waals surface area contributed by atoms with Crippen LogP contribution in [0.25, 0.3) is 0 Å². The molecule has 2 aromatic rings. The fraction of sp³-hybridized carbons (Fsp3) is 0.409. The number of benzene rings is 2. The van der Waals surface area contributed by atoms with Crippen LogP contribution in [-0.2, 0) is 17.8 Å². The molecule has 1 fully saturated rings. The molecule has 0 amide bonds. The van der Waals surface area contributed by atoms with E-state index in [1.807, 2.05) is 36.4 Å². The summed E-state index contributed by atoms with van der Waals surface area (Å²) in [5, 5.41) is 3.66. The van der Waals surface area contributed by atoms with Crippen molar-refractivity contribution in [2.45, 2.75) is 32.0 Å². The third kappa shape index (κ3) is 5.55. The van der Waals surface area contributed by atoms with Crippen LogP contribution in [0.3, 0.4) is 0 Å². The second-order valence-corrected chi connectivity index (χ2v) is 7.00. The van der Waals surface area contributed by atoms with Crippen molar-refractivity contribution in [3.8, 4) is 5.75 Å². The lowest BCUT2D eigenvalue weighted by Crippen LogP contribution is -2.45. The van der Waals surface area contributed by atoms with Gasteiger partial charge >= 0.3 is 5.97 Å². The summed E-state index contributed by atoms with van der Waals surface area (Å²) in [6.07, 6.45) is 2.39. The molecule has 5 heteroatoms. The van der Waals surface area contributed by atoms with Gasteiger partial charge in [0, 0.05) is 25.7 Å². The first-order valence-corrected chi connectivity index (χ1v) is 9.44. The molecule has 0 saturated carbocycles. The minimum absolute atomic E-state index is 0.296. The highest BCUT2D eigenvalue weighted by Crippen LogP contribution is 2.18. The lowest BCUT2D eigenvalue weighted by atomic mass is 10.0. The highest BCUT2D eigenvalue weighted by Gasteiger charge is 2.19. The average molecular weight is 368 g/mol. The van der Waals surface area contributed by atoms with E-state index in [-0.39, 0.29) is 5.97 Å². The van der Waals surface area contributed by atoms with E-state index < -0.39 is 0 Å². The Balaban J connectivity index is 1.50. The highest BCUT2D eigenvalue weighted by molar-refractivity contribution is 5.89. The Morgan fingerprint density at radius 1 is 1.15 bits per heavy atom. The maximum Gasteiger partial charge on any atom is 0.337 e. The molecule has 0 aromatic heterocycles. The van der Waals surface area contributed by atoms with Gasteiger partial charge in [0.2, 0.25) is 0 Å². The van der Waals surface area contributed by atoms with E-state index in [0.29, 0.717) is 11.6 Å². The highest BCUT2D eigenvalue weighted by atomic mass is 16.5. The summed E-state index contributed by atoms with van der Waals surface area (Å²) in [6.45, 7) is 3.92. The number of methoxy groups -OCH3 is 2. The number of nitrogens with one attached hydrogen (secondary N) is 1. The SMILES string of the molecule is COC(=O)c1ccc(CNC2CCCN(Cc3cccc(OC)c3)C2)cc1. The summed E-state index contributed by atoms with van der Waals surface area (Å²) in [4.78, 5) is 14.0. The summed E-state index contributed by atoms with van der Waals surface area (Å²) >= 11 is 0. The molecule has 0 aliphatic carbocycles. The molecular formula is C22H28N2O3. The van der Waals surface area contributed by atoms with Gasteiger partial charge in [0.1, 0.15) is 5.75 Å². The molecule has 144 valence electrons. The normalized spacial score (nSPS) is 17.5. The second kappa shape index (κ2) is 9.53. The molecule has 1 atom stereocenters. The molecule has 1 aliphatic heterocycles. The van der Waals surface area contributed by atoms with Crippen LogP contribution in [0.15, 0.2) is 48.5 Å². The number of hydrogen-bond donors (Lipinski definition) is 1. The molecule has 1 N–H and O–H groups in total. The summed E-state index contributed by atoms with van der Waals surface area (Å²) in [5.74, 6) is 0.615. The van der Waals surface area contributed by atoms with E-state index >= 15 is 0 Å². The van der Waals surface area contributed by atoms with Gasteiger partial charge in [-0.05, 0) is 54.8 Å². The van der Waals surface area contributed by atoms with Crippen LogP contribution >= 0.6 is 0 Å². The first-order valence-electron chi connectivity index (χ1n) is 9.44. The number of piperidine rings is 1. The van der Waals surface area contributed by atoms with Gasteiger partial charge in [-0.3, -0.25) is 4.90 Å². The minimum atomic E-state index is -0.296. The standard InChI is InChI=1S/C22H28N2O3/c1-26-21-7-3-5-18(13-21)15-24-12-4-6-20(16-24)23-14-17-8-10-19(11-9-17)22(25)27-2/h3,5,7-11,13,20,23H,4,6,12,14-16H2,1-2H3. The Morgan fingerprint density at radius 2 is 1.96 bits per heavy atom. The third-order valence-electron chi connectivity index (χ3n) is 5.02. The third-order valence-corrected chi connectivity index (χ3v) is 5.02. The summed E-state index contributed by atoms with van der Waals surface area (Å²) in [7, 11) is 3.11. The molecule has 27 heavy (non-hydrogen) atoms. The zero-order valence-electron chi connectivity index (χ0n) is 16.1. The smallest absolute Gasteiger partial charge is 0.337 e. The maximum absolute atomic E-state index is 11.5. The molecule has 1 aliphatic rings. The van der Waals surface area contributed by atoms with Gasteiger partial charge in [0.05, 0.1) is 19.8 Å². The van der Waals surface area contributed by atoms with Crippen LogP contribution in [0.1, 0.15) is 34.3 Å². The average Bonchev–Trinajstić information content (AvgIpc) is 2.72. The molecular weight excluding hydrogens is 340 g/mol. The lowest BCUT2D eigenvalue weighted by Gasteiger charge is -2.33. The Morgan fingerprint density at radius 3 is 2.70 bits per heavy atom. The Kier molecular flexibility index (Phi) is 6.85. The van der Waals surface area contributed by atoms with Crippen molar-refractivity contribution in [1.82, 2.24) is 10.2 Å². The van der Waals surface area contributed by atoms with Crippen LogP contribution in [0, 0.1) is 0 Å². The van der Waals surface area contributed by atoms with Gasteiger partial charge in [0.15, 0.2) is 0 Å². The molecule has 0 bridgehead atoms. The number of ether oxygens (including phenoxy) is 2. The topological polar surface area (TPSA) is 50.8 Å².